The van der Waals surface area contributed by atoms with Crippen LogP contribution in [-0.2, 0) is 6.54 Å². The van der Waals surface area contributed by atoms with Crippen LogP contribution in [0.2, 0.25) is 0 Å². The zero-order valence-corrected chi connectivity index (χ0v) is 17.2. The highest BCUT2D eigenvalue weighted by Gasteiger charge is 2.16. The van der Waals surface area contributed by atoms with Gasteiger partial charge in [-0.25, -0.2) is 5.43 Å². The second kappa shape index (κ2) is 9.53. The summed E-state index contributed by atoms with van der Waals surface area (Å²) in [6, 6.07) is 13.5. The molecule has 0 aliphatic carbocycles. The summed E-state index contributed by atoms with van der Waals surface area (Å²) in [5.74, 6) is 0.596. The van der Waals surface area contributed by atoms with Gasteiger partial charge in [0.1, 0.15) is 11.5 Å². The van der Waals surface area contributed by atoms with Gasteiger partial charge in [-0.05, 0) is 41.7 Å². The molecule has 160 valence electrons. The van der Waals surface area contributed by atoms with E-state index in [0.717, 1.165) is 5.56 Å². The van der Waals surface area contributed by atoms with E-state index in [1.807, 2.05) is 6.07 Å². The fourth-order valence-corrected chi connectivity index (χ4v) is 2.88. The van der Waals surface area contributed by atoms with Gasteiger partial charge in [0.15, 0.2) is 0 Å². The molecule has 1 N–H and O–H groups in total. The number of nitrogens with zero attached hydrogens (tertiary/aromatic N) is 4. The molecule has 0 atom stereocenters. The number of nitrogens with one attached hydrogen (secondary N) is 1. The van der Waals surface area contributed by atoms with Crippen LogP contribution in [0, 0.1) is 17.0 Å². The minimum absolute atomic E-state index is 0.213. The van der Waals surface area contributed by atoms with E-state index in [9.17, 15) is 14.9 Å². The van der Waals surface area contributed by atoms with Gasteiger partial charge in [0.25, 0.3) is 5.91 Å². The summed E-state index contributed by atoms with van der Waals surface area (Å²) in [6.07, 6.45) is 1.48. The molecule has 31 heavy (non-hydrogen) atoms. The average molecular weight is 423 g/mol. The monoisotopic (exact) mass is 423 g/mol. The molecule has 0 aliphatic heterocycles. The Morgan fingerprint density at radius 2 is 2.03 bits per heavy atom. The van der Waals surface area contributed by atoms with Crippen molar-refractivity contribution in [3.05, 3.63) is 81.0 Å². The van der Waals surface area contributed by atoms with Crippen molar-refractivity contribution >= 4 is 17.9 Å². The van der Waals surface area contributed by atoms with Crippen LogP contribution in [-0.4, -0.2) is 41.0 Å². The summed E-state index contributed by atoms with van der Waals surface area (Å²) in [7, 11) is 3.10. The summed E-state index contributed by atoms with van der Waals surface area (Å²) in [5, 5.41) is 18.8. The van der Waals surface area contributed by atoms with E-state index in [0.29, 0.717) is 34.9 Å². The number of nitro groups is 1. The third-order valence-corrected chi connectivity index (χ3v) is 4.49. The Morgan fingerprint density at radius 3 is 2.71 bits per heavy atom. The number of carbonyl (C=O) groups is 1. The third-order valence-electron chi connectivity index (χ3n) is 4.49. The molecular weight excluding hydrogens is 402 g/mol. The number of aryl methyl sites for hydroxylation is 1. The van der Waals surface area contributed by atoms with Crippen LogP contribution in [0.15, 0.2) is 53.6 Å². The van der Waals surface area contributed by atoms with Gasteiger partial charge in [0, 0.05) is 17.2 Å². The van der Waals surface area contributed by atoms with Crippen molar-refractivity contribution < 1.29 is 19.2 Å². The topological polar surface area (TPSA) is 121 Å². The van der Waals surface area contributed by atoms with E-state index in [-0.39, 0.29) is 5.82 Å². The van der Waals surface area contributed by atoms with Crippen molar-refractivity contribution in [2.75, 3.05) is 14.2 Å². The molecule has 3 rings (SSSR count). The van der Waals surface area contributed by atoms with Crippen molar-refractivity contribution in [1.82, 2.24) is 15.2 Å². The molecule has 3 aromatic rings. The van der Waals surface area contributed by atoms with Crippen LogP contribution >= 0.6 is 0 Å². The first-order valence-electron chi connectivity index (χ1n) is 9.24. The van der Waals surface area contributed by atoms with Gasteiger partial charge in [-0.15, -0.1) is 0 Å². The molecule has 1 heterocycles. The number of aromatic nitrogens is 2. The molecule has 0 aliphatic rings. The van der Waals surface area contributed by atoms with Crippen LogP contribution < -0.4 is 14.9 Å². The maximum absolute atomic E-state index is 12.5. The number of amides is 1. The Balaban J connectivity index is 1.69. The zero-order valence-electron chi connectivity index (χ0n) is 17.2. The predicted octanol–water partition coefficient (Wildman–Crippen LogP) is 2.93. The van der Waals surface area contributed by atoms with E-state index in [2.05, 4.69) is 15.6 Å². The number of ether oxygens (including phenoxy) is 2. The Hall–Kier alpha value is -4.21. The van der Waals surface area contributed by atoms with E-state index in [1.54, 1.807) is 50.4 Å². The van der Waals surface area contributed by atoms with Crippen LogP contribution in [0.25, 0.3) is 0 Å². The largest absolute Gasteiger partial charge is 0.497 e. The van der Waals surface area contributed by atoms with Gasteiger partial charge in [-0.3, -0.25) is 4.79 Å². The number of rotatable bonds is 8. The Morgan fingerprint density at radius 1 is 1.23 bits per heavy atom. The van der Waals surface area contributed by atoms with Crippen molar-refractivity contribution in [3.8, 4) is 11.5 Å². The fraction of sp³-hybridized carbons (Fsp3) is 0.190. The molecule has 0 saturated heterocycles. The van der Waals surface area contributed by atoms with E-state index in [4.69, 9.17) is 9.47 Å². The molecule has 0 spiro atoms. The molecule has 0 radical (unpaired) electrons. The minimum atomic E-state index is -0.539. The molecule has 10 heteroatoms. The number of methoxy groups -OCH3 is 2. The van der Waals surface area contributed by atoms with E-state index < -0.39 is 10.8 Å². The first-order chi connectivity index (χ1) is 14.9. The van der Waals surface area contributed by atoms with E-state index in [1.165, 1.54) is 24.1 Å². The lowest BCUT2D eigenvalue weighted by atomic mass is 10.1. The molecule has 0 unspecified atom stereocenters. The molecule has 1 amide bonds. The van der Waals surface area contributed by atoms with Gasteiger partial charge in [0.05, 0.1) is 43.8 Å². The van der Waals surface area contributed by atoms with Gasteiger partial charge in [-0.2, -0.15) is 9.78 Å². The second-order valence-electron chi connectivity index (χ2n) is 6.57. The predicted molar refractivity (Wildman–Crippen MR) is 114 cm³/mol. The van der Waals surface area contributed by atoms with Crippen LogP contribution in [0.1, 0.15) is 27.2 Å². The lowest BCUT2D eigenvalue weighted by Crippen LogP contribution is -2.18. The summed E-state index contributed by atoms with van der Waals surface area (Å²) in [4.78, 5) is 22.8. The number of hydrogen-bond donors (Lipinski definition) is 1. The molecule has 10 nitrogen and oxygen atoms in total. The number of benzene rings is 2. The van der Waals surface area contributed by atoms with Gasteiger partial charge in [-0.1, -0.05) is 12.1 Å². The maximum atomic E-state index is 12.5. The van der Waals surface area contributed by atoms with Gasteiger partial charge in [0.2, 0.25) is 0 Å². The zero-order chi connectivity index (χ0) is 22.4. The van der Waals surface area contributed by atoms with Crippen molar-refractivity contribution in [3.63, 3.8) is 0 Å². The molecule has 1 aromatic heterocycles. The lowest BCUT2D eigenvalue weighted by Gasteiger charge is -2.07. The molecule has 0 fully saturated rings. The van der Waals surface area contributed by atoms with Crippen LogP contribution in [0.4, 0.5) is 5.82 Å². The Kier molecular flexibility index (Phi) is 6.61. The van der Waals surface area contributed by atoms with E-state index >= 15 is 0 Å². The smallest absolute Gasteiger partial charge is 0.390 e. The highest BCUT2D eigenvalue weighted by Crippen LogP contribution is 2.23. The third kappa shape index (κ3) is 5.24. The number of hydrogen-bond acceptors (Lipinski definition) is 7. The minimum Gasteiger partial charge on any atom is -0.497 e. The standard InChI is InChI=1S/C21H21N5O5/c1-14-9-20(26(28)29)24-25(14)13-15-5-4-6-16(10-15)21(27)23-22-12-17-7-8-18(30-2)11-19(17)31-3/h4-12H,13H2,1-3H3,(H,23,27). The maximum Gasteiger partial charge on any atom is 0.390 e. The quantitative estimate of drug-likeness (QED) is 0.338. The summed E-state index contributed by atoms with van der Waals surface area (Å²) < 4.78 is 12.0. The average Bonchev–Trinajstić information content (AvgIpc) is 3.14. The molecule has 0 bridgehead atoms. The highest BCUT2D eigenvalue weighted by atomic mass is 16.6. The number of carbonyl (C=O) groups excluding carboxylic acids is 1. The SMILES string of the molecule is COc1ccc(C=NNC(=O)c2cccc(Cn3nc([N+](=O)[O-])cc3C)c2)c(OC)c1. The van der Waals surface area contributed by atoms with Gasteiger partial charge >= 0.3 is 5.82 Å². The van der Waals surface area contributed by atoms with Gasteiger partial charge < -0.3 is 19.6 Å². The summed E-state index contributed by atoms with van der Waals surface area (Å²) in [5.41, 5.74) is 4.98. The van der Waals surface area contributed by atoms with Crippen molar-refractivity contribution in [2.24, 2.45) is 5.10 Å². The molecule has 0 saturated carbocycles. The summed E-state index contributed by atoms with van der Waals surface area (Å²) >= 11 is 0. The first kappa shape index (κ1) is 21.5. The second-order valence-corrected chi connectivity index (χ2v) is 6.57. The highest BCUT2D eigenvalue weighted by molar-refractivity contribution is 5.95. The summed E-state index contributed by atoms with van der Waals surface area (Å²) in [6.45, 7) is 2.03. The van der Waals surface area contributed by atoms with Crippen molar-refractivity contribution in [1.29, 1.82) is 0 Å². The van der Waals surface area contributed by atoms with Crippen LogP contribution in [0.3, 0.4) is 0 Å². The van der Waals surface area contributed by atoms with Crippen LogP contribution in [0.5, 0.6) is 11.5 Å². The molecule has 2 aromatic carbocycles. The Bertz CT molecular complexity index is 1140. The molecular formula is C21H21N5O5. The lowest BCUT2D eigenvalue weighted by molar-refractivity contribution is -0.389. The van der Waals surface area contributed by atoms with Crippen molar-refractivity contribution in [2.45, 2.75) is 13.5 Å². The normalized spacial score (nSPS) is 10.8. The number of hydrazone groups is 1. The fourth-order valence-electron chi connectivity index (χ4n) is 2.88. The first-order valence-corrected chi connectivity index (χ1v) is 9.24. The Labute approximate surface area is 178 Å².